The first-order valence-electron chi connectivity index (χ1n) is 6.63. The van der Waals surface area contributed by atoms with E-state index in [1.165, 1.54) is 4.88 Å². The molecule has 0 radical (unpaired) electrons. The lowest BCUT2D eigenvalue weighted by molar-refractivity contribution is 0.311. The summed E-state index contributed by atoms with van der Waals surface area (Å²) in [6.07, 6.45) is 0. The second kappa shape index (κ2) is 6.34. The van der Waals surface area contributed by atoms with Crippen LogP contribution in [0.3, 0.4) is 0 Å². The van der Waals surface area contributed by atoms with E-state index in [9.17, 15) is 8.42 Å². The average Bonchev–Trinajstić information content (AvgIpc) is 3.17. The molecule has 0 saturated carbocycles. The van der Waals surface area contributed by atoms with Crippen molar-refractivity contribution in [3.8, 4) is 9.75 Å². The summed E-state index contributed by atoms with van der Waals surface area (Å²) in [5.74, 6) is 0. The minimum Gasteiger partial charge on any atom is -0.261 e. The van der Waals surface area contributed by atoms with Crippen molar-refractivity contribution < 1.29 is 12.6 Å². The quantitative estimate of drug-likeness (QED) is 0.627. The van der Waals surface area contributed by atoms with Crippen LogP contribution in [-0.2, 0) is 20.9 Å². The summed E-state index contributed by atoms with van der Waals surface area (Å²) in [7, 11) is -3.71. The molecule has 0 saturated heterocycles. The highest BCUT2D eigenvalue weighted by Crippen LogP contribution is 2.32. The van der Waals surface area contributed by atoms with Gasteiger partial charge in [-0.15, -0.1) is 22.7 Å². The molecule has 114 valence electrons. The van der Waals surface area contributed by atoms with Crippen LogP contribution >= 0.6 is 22.7 Å². The van der Waals surface area contributed by atoms with Crippen LogP contribution in [0.2, 0.25) is 0 Å². The Kier molecular flexibility index (Phi) is 4.44. The zero-order chi connectivity index (χ0) is 15.6. The summed E-state index contributed by atoms with van der Waals surface area (Å²) in [5.41, 5.74) is 1.01. The predicted molar refractivity (Wildman–Crippen MR) is 90.8 cm³/mol. The Hall–Kier alpha value is -1.47. The molecule has 0 fully saturated rings. The van der Waals surface area contributed by atoms with Crippen molar-refractivity contribution in [3.63, 3.8) is 0 Å². The zero-order valence-corrected chi connectivity index (χ0v) is 14.3. The van der Waals surface area contributed by atoms with E-state index in [4.69, 9.17) is 4.18 Å². The molecule has 3 rings (SSSR count). The molecule has 6 heteroatoms. The van der Waals surface area contributed by atoms with Crippen LogP contribution in [0.1, 0.15) is 10.4 Å². The van der Waals surface area contributed by atoms with Crippen molar-refractivity contribution in [2.45, 2.75) is 18.4 Å². The topological polar surface area (TPSA) is 43.4 Å². The van der Waals surface area contributed by atoms with Crippen LogP contribution in [0.4, 0.5) is 0 Å². The maximum Gasteiger partial charge on any atom is 0.297 e. The highest BCUT2D eigenvalue weighted by atomic mass is 32.2. The van der Waals surface area contributed by atoms with Gasteiger partial charge in [0.2, 0.25) is 0 Å². The number of rotatable bonds is 5. The van der Waals surface area contributed by atoms with Gasteiger partial charge >= 0.3 is 0 Å². The molecule has 0 aliphatic rings. The summed E-state index contributed by atoms with van der Waals surface area (Å²) < 4.78 is 29.4. The first kappa shape index (κ1) is 15.4. The Bertz CT molecular complexity index is 844. The maximum absolute atomic E-state index is 12.1. The second-order valence-corrected chi connectivity index (χ2v) is 8.50. The van der Waals surface area contributed by atoms with E-state index in [1.54, 1.807) is 46.9 Å². The first-order chi connectivity index (χ1) is 10.5. The molecule has 2 heterocycles. The Labute approximate surface area is 138 Å². The van der Waals surface area contributed by atoms with E-state index in [2.05, 4.69) is 0 Å². The normalized spacial score (nSPS) is 11.7. The number of thiophene rings is 2. The molecule has 22 heavy (non-hydrogen) atoms. The minimum atomic E-state index is -3.71. The largest absolute Gasteiger partial charge is 0.297 e. The lowest BCUT2D eigenvalue weighted by Gasteiger charge is -2.04. The highest BCUT2D eigenvalue weighted by molar-refractivity contribution is 7.86. The van der Waals surface area contributed by atoms with Gasteiger partial charge in [-0.05, 0) is 42.6 Å². The Balaban J connectivity index is 1.71. The molecule has 0 spiro atoms. The fraction of sp³-hybridized carbons (Fsp3) is 0.125. The lowest BCUT2D eigenvalue weighted by Crippen LogP contribution is -2.05. The van der Waals surface area contributed by atoms with Gasteiger partial charge in [0.15, 0.2) is 0 Å². The third-order valence-corrected chi connectivity index (χ3v) is 6.49. The number of aryl methyl sites for hydroxylation is 1. The predicted octanol–water partition coefficient (Wildman–Crippen LogP) is 4.69. The molecule has 0 aliphatic carbocycles. The van der Waals surface area contributed by atoms with Gasteiger partial charge in [0.25, 0.3) is 10.1 Å². The minimum absolute atomic E-state index is 0.0618. The number of hydrogen-bond donors (Lipinski definition) is 0. The van der Waals surface area contributed by atoms with E-state index < -0.39 is 10.1 Å². The molecule has 3 aromatic rings. The third-order valence-electron chi connectivity index (χ3n) is 3.09. The third kappa shape index (κ3) is 3.47. The van der Waals surface area contributed by atoms with Crippen LogP contribution in [0.25, 0.3) is 9.75 Å². The molecule has 0 bridgehead atoms. The molecule has 3 nitrogen and oxygen atoms in total. The van der Waals surface area contributed by atoms with E-state index >= 15 is 0 Å². The second-order valence-electron chi connectivity index (χ2n) is 4.77. The lowest BCUT2D eigenvalue weighted by atomic mass is 10.2. The van der Waals surface area contributed by atoms with E-state index in [1.807, 2.05) is 36.6 Å². The molecule has 0 N–H and O–H groups in total. The van der Waals surface area contributed by atoms with Crippen molar-refractivity contribution in [1.29, 1.82) is 0 Å². The van der Waals surface area contributed by atoms with E-state index in [-0.39, 0.29) is 11.5 Å². The van der Waals surface area contributed by atoms with Crippen molar-refractivity contribution in [1.82, 2.24) is 0 Å². The molecular formula is C16H14O3S3. The van der Waals surface area contributed by atoms with Crippen molar-refractivity contribution >= 4 is 32.8 Å². The Morgan fingerprint density at radius 2 is 1.77 bits per heavy atom. The van der Waals surface area contributed by atoms with Gasteiger partial charge in [-0.1, -0.05) is 23.8 Å². The molecule has 1 aromatic carbocycles. The highest BCUT2D eigenvalue weighted by Gasteiger charge is 2.15. The standard InChI is InChI=1S/C16H14O3S3/c1-12-4-7-14(8-5-12)22(17,18)19-11-13-6-9-16(21-13)15-3-2-10-20-15/h2-10H,11H2,1H3. The van der Waals surface area contributed by atoms with Gasteiger partial charge < -0.3 is 0 Å². The van der Waals surface area contributed by atoms with Gasteiger partial charge in [0.1, 0.15) is 6.61 Å². The summed E-state index contributed by atoms with van der Waals surface area (Å²) in [5, 5.41) is 2.02. The summed E-state index contributed by atoms with van der Waals surface area (Å²) >= 11 is 3.21. The van der Waals surface area contributed by atoms with Crippen LogP contribution < -0.4 is 0 Å². The van der Waals surface area contributed by atoms with Gasteiger partial charge in [0.05, 0.1) is 4.90 Å². The molecule has 0 unspecified atom stereocenters. The Morgan fingerprint density at radius 1 is 1.00 bits per heavy atom. The molecule has 2 aromatic heterocycles. The van der Waals surface area contributed by atoms with E-state index in [0.717, 1.165) is 15.3 Å². The number of benzene rings is 1. The SMILES string of the molecule is Cc1ccc(S(=O)(=O)OCc2ccc(-c3cccs3)s2)cc1. The van der Waals surface area contributed by atoms with Crippen LogP contribution in [-0.4, -0.2) is 8.42 Å². The Morgan fingerprint density at radius 3 is 2.45 bits per heavy atom. The van der Waals surface area contributed by atoms with Crippen LogP contribution in [0.5, 0.6) is 0 Å². The van der Waals surface area contributed by atoms with E-state index in [0.29, 0.717) is 0 Å². The summed E-state index contributed by atoms with van der Waals surface area (Å²) in [6.45, 7) is 1.97. The van der Waals surface area contributed by atoms with Crippen LogP contribution in [0.15, 0.2) is 58.8 Å². The smallest absolute Gasteiger partial charge is 0.261 e. The fourth-order valence-electron chi connectivity index (χ4n) is 1.92. The van der Waals surface area contributed by atoms with Crippen molar-refractivity contribution in [3.05, 3.63) is 64.4 Å². The van der Waals surface area contributed by atoms with Gasteiger partial charge in [-0.25, -0.2) is 0 Å². The number of hydrogen-bond acceptors (Lipinski definition) is 5. The van der Waals surface area contributed by atoms with Crippen molar-refractivity contribution in [2.75, 3.05) is 0 Å². The molecule has 0 atom stereocenters. The monoisotopic (exact) mass is 350 g/mol. The van der Waals surface area contributed by atoms with Crippen molar-refractivity contribution in [2.24, 2.45) is 0 Å². The maximum atomic E-state index is 12.1. The van der Waals surface area contributed by atoms with Gasteiger partial charge in [-0.2, -0.15) is 8.42 Å². The summed E-state index contributed by atoms with van der Waals surface area (Å²) in [6, 6.07) is 14.6. The first-order valence-corrected chi connectivity index (χ1v) is 9.74. The average molecular weight is 350 g/mol. The summed E-state index contributed by atoms with van der Waals surface area (Å²) in [4.78, 5) is 3.38. The molecule has 0 amide bonds. The van der Waals surface area contributed by atoms with Crippen LogP contribution in [0, 0.1) is 6.92 Å². The van der Waals surface area contributed by atoms with Gasteiger partial charge in [-0.3, -0.25) is 4.18 Å². The zero-order valence-electron chi connectivity index (χ0n) is 11.9. The fourth-order valence-corrected chi connectivity index (χ4v) is 4.63. The molecular weight excluding hydrogens is 336 g/mol. The van der Waals surface area contributed by atoms with Gasteiger partial charge in [0, 0.05) is 14.6 Å². The molecule has 0 aliphatic heterocycles.